The van der Waals surface area contributed by atoms with E-state index in [4.69, 9.17) is 0 Å². The van der Waals surface area contributed by atoms with E-state index in [0.717, 1.165) is 17.5 Å². The third-order valence-corrected chi connectivity index (χ3v) is 7.34. The average Bonchev–Trinajstić information content (AvgIpc) is 3.44. The van der Waals surface area contributed by atoms with Crippen molar-refractivity contribution in [2.75, 3.05) is 5.32 Å². The number of anilines is 1. The quantitative estimate of drug-likeness (QED) is 0.657. The van der Waals surface area contributed by atoms with Crippen LogP contribution in [0.5, 0.6) is 0 Å². The first-order valence-corrected chi connectivity index (χ1v) is 11.4. The van der Waals surface area contributed by atoms with Crippen LogP contribution < -0.4 is 10.6 Å². The Hall–Kier alpha value is -2.42. The summed E-state index contributed by atoms with van der Waals surface area (Å²) in [4.78, 5) is 24.1. The van der Waals surface area contributed by atoms with E-state index in [-0.39, 0.29) is 23.1 Å². The number of hydrogen-bond acceptors (Lipinski definition) is 6. The molecule has 2 aromatic rings. The molecule has 5 atom stereocenters. The number of nitrogens with one attached hydrogen (secondary N) is 2. The topological polar surface area (TPSA) is 102 Å². The number of benzene rings is 1. The molecule has 2 aliphatic carbocycles. The first-order chi connectivity index (χ1) is 14.4. The Morgan fingerprint density at radius 3 is 2.77 bits per heavy atom. The molecule has 1 aromatic carbocycles. The lowest BCUT2D eigenvalue weighted by atomic mass is 9.84. The number of thioether (sulfide) groups is 1. The highest BCUT2D eigenvalue weighted by atomic mass is 32.2. The molecule has 9 heteroatoms. The number of aromatic nitrogens is 4. The highest BCUT2D eigenvalue weighted by Gasteiger charge is 2.42. The molecule has 0 saturated heterocycles. The molecule has 2 bridgehead atoms. The van der Waals surface area contributed by atoms with Crippen molar-refractivity contribution in [2.24, 2.45) is 17.8 Å². The van der Waals surface area contributed by atoms with Gasteiger partial charge in [0.2, 0.25) is 17.0 Å². The summed E-state index contributed by atoms with van der Waals surface area (Å²) in [6.07, 6.45) is 5.25. The van der Waals surface area contributed by atoms with Crippen LogP contribution in [-0.2, 0) is 9.59 Å². The summed E-state index contributed by atoms with van der Waals surface area (Å²) in [5.41, 5.74) is 1.38. The van der Waals surface area contributed by atoms with Crippen molar-refractivity contribution in [2.45, 2.75) is 62.9 Å². The Morgan fingerprint density at radius 2 is 2.07 bits per heavy atom. The molecule has 0 aliphatic heterocycles. The number of rotatable bonds is 7. The van der Waals surface area contributed by atoms with E-state index in [0.29, 0.717) is 16.8 Å². The lowest BCUT2D eigenvalue weighted by molar-refractivity contribution is -0.121. The summed E-state index contributed by atoms with van der Waals surface area (Å²) in [6, 6.07) is 7.47. The first-order valence-electron chi connectivity index (χ1n) is 10.5. The van der Waals surface area contributed by atoms with Crippen LogP contribution in [0.2, 0.25) is 0 Å². The molecule has 30 heavy (non-hydrogen) atoms. The number of hydrogen-bond donors (Lipinski definition) is 2. The van der Waals surface area contributed by atoms with E-state index in [1.54, 1.807) is 16.8 Å². The lowest BCUT2D eigenvalue weighted by Gasteiger charge is -2.29. The van der Waals surface area contributed by atoms with Gasteiger partial charge in [-0.05, 0) is 79.5 Å². The van der Waals surface area contributed by atoms with Crippen LogP contribution in [0, 0.1) is 17.8 Å². The minimum absolute atomic E-state index is 0.0109. The smallest absolute Gasteiger partial charge is 0.233 e. The molecule has 160 valence electrons. The molecule has 1 heterocycles. The summed E-state index contributed by atoms with van der Waals surface area (Å²) in [7, 11) is 0. The molecular weight excluding hydrogens is 400 g/mol. The van der Waals surface area contributed by atoms with Gasteiger partial charge >= 0.3 is 0 Å². The minimum atomic E-state index is -0.325. The Bertz CT molecular complexity index is 932. The number of carbonyl (C=O) groups is 2. The molecular formula is C21H28N6O2S. The second-order valence-electron chi connectivity index (χ2n) is 8.50. The standard InChI is InChI=1S/C21H28N6O2S/c1-12(19-10-15-7-8-16(19)9-15)22-20(29)13(2)30-21-24-25-26-27(21)18-6-4-5-17(11-18)23-14(3)28/h4-6,11-13,15-16,19H,7-10H2,1-3H3,(H,22,29)(H,23,28). The van der Waals surface area contributed by atoms with Gasteiger partial charge in [-0.25, -0.2) is 0 Å². The summed E-state index contributed by atoms with van der Waals surface area (Å²) in [6.45, 7) is 5.47. The number of nitrogens with zero attached hydrogens (tertiary/aromatic N) is 4. The summed E-state index contributed by atoms with van der Waals surface area (Å²) >= 11 is 1.33. The molecule has 1 aromatic heterocycles. The zero-order chi connectivity index (χ0) is 21.3. The van der Waals surface area contributed by atoms with Crippen LogP contribution in [0.3, 0.4) is 0 Å². The van der Waals surface area contributed by atoms with Gasteiger partial charge in [0.25, 0.3) is 0 Å². The molecule has 8 nitrogen and oxygen atoms in total. The fraction of sp³-hybridized carbons (Fsp3) is 0.571. The van der Waals surface area contributed by atoms with Crippen molar-refractivity contribution in [1.29, 1.82) is 0 Å². The Morgan fingerprint density at radius 1 is 1.23 bits per heavy atom. The highest BCUT2D eigenvalue weighted by Crippen LogP contribution is 2.49. The van der Waals surface area contributed by atoms with Gasteiger partial charge in [0.15, 0.2) is 0 Å². The van der Waals surface area contributed by atoms with E-state index in [9.17, 15) is 9.59 Å². The van der Waals surface area contributed by atoms with Gasteiger partial charge in [0.05, 0.1) is 10.9 Å². The number of tetrazole rings is 1. The van der Waals surface area contributed by atoms with Crippen LogP contribution in [0.15, 0.2) is 29.4 Å². The monoisotopic (exact) mass is 428 g/mol. The summed E-state index contributed by atoms with van der Waals surface area (Å²) in [5, 5.41) is 18.1. The maximum Gasteiger partial charge on any atom is 0.233 e. The van der Waals surface area contributed by atoms with E-state index in [2.05, 4.69) is 33.1 Å². The molecule has 4 rings (SSSR count). The third kappa shape index (κ3) is 4.50. The SMILES string of the molecule is CC(=O)Nc1cccc(-n2nnnc2SC(C)C(=O)NC(C)C2CC3CCC2C3)c1. The molecule has 0 radical (unpaired) electrons. The molecule has 2 N–H and O–H groups in total. The van der Waals surface area contributed by atoms with Gasteiger partial charge in [0.1, 0.15) is 0 Å². The predicted molar refractivity (Wildman–Crippen MR) is 115 cm³/mol. The predicted octanol–water partition coefficient (Wildman–Crippen LogP) is 3.04. The number of carbonyl (C=O) groups excluding carboxylic acids is 2. The molecule has 5 unspecified atom stereocenters. The van der Waals surface area contributed by atoms with Gasteiger partial charge in [-0.1, -0.05) is 24.2 Å². The van der Waals surface area contributed by atoms with Gasteiger partial charge < -0.3 is 10.6 Å². The van der Waals surface area contributed by atoms with Crippen molar-refractivity contribution < 1.29 is 9.59 Å². The molecule has 2 amide bonds. The van der Waals surface area contributed by atoms with Gasteiger partial charge in [0, 0.05) is 18.7 Å². The molecule has 2 aliphatic rings. The Balaban J connectivity index is 1.39. The van der Waals surface area contributed by atoms with E-state index < -0.39 is 0 Å². The van der Waals surface area contributed by atoms with Crippen molar-refractivity contribution in [1.82, 2.24) is 25.5 Å². The van der Waals surface area contributed by atoms with Gasteiger partial charge in [-0.15, -0.1) is 5.10 Å². The second kappa shape index (κ2) is 8.75. The Labute approximate surface area is 180 Å². The molecule has 0 spiro atoms. The highest BCUT2D eigenvalue weighted by molar-refractivity contribution is 8.00. The molecule has 2 fully saturated rings. The maximum atomic E-state index is 12.8. The van der Waals surface area contributed by atoms with Crippen LogP contribution in [0.4, 0.5) is 5.69 Å². The van der Waals surface area contributed by atoms with Crippen molar-refractivity contribution >= 4 is 29.3 Å². The fourth-order valence-corrected chi connectivity index (χ4v) is 5.72. The van der Waals surface area contributed by atoms with Crippen molar-refractivity contribution in [3.05, 3.63) is 24.3 Å². The number of amides is 2. The first kappa shape index (κ1) is 20.8. The van der Waals surface area contributed by atoms with Crippen LogP contribution in [0.1, 0.15) is 46.5 Å². The lowest BCUT2D eigenvalue weighted by Crippen LogP contribution is -2.43. The average molecular weight is 429 g/mol. The number of fused-ring (bicyclic) bond motifs is 2. The van der Waals surface area contributed by atoms with E-state index in [1.165, 1.54) is 44.4 Å². The zero-order valence-corrected chi connectivity index (χ0v) is 18.4. The third-order valence-electron chi connectivity index (χ3n) is 6.31. The van der Waals surface area contributed by atoms with E-state index in [1.807, 2.05) is 19.1 Å². The maximum absolute atomic E-state index is 12.8. The summed E-state index contributed by atoms with van der Waals surface area (Å²) < 4.78 is 1.58. The van der Waals surface area contributed by atoms with Gasteiger partial charge in [-0.2, -0.15) is 4.68 Å². The normalized spacial score (nSPS) is 24.4. The van der Waals surface area contributed by atoms with Crippen LogP contribution in [-0.4, -0.2) is 43.3 Å². The van der Waals surface area contributed by atoms with Crippen LogP contribution >= 0.6 is 11.8 Å². The van der Waals surface area contributed by atoms with Crippen LogP contribution in [0.25, 0.3) is 5.69 Å². The zero-order valence-electron chi connectivity index (χ0n) is 17.5. The Kier molecular flexibility index (Phi) is 6.08. The molecule has 2 saturated carbocycles. The van der Waals surface area contributed by atoms with E-state index >= 15 is 0 Å². The van der Waals surface area contributed by atoms with Crippen molar-refractivity contribution in [3.63, 3.8) is 0 Å². The fourth-order valence-electron chi connectivity index (χ4n) is 4.90. The van der Waals surface area contributed by atoms with Crippen molar-refractivity contribution in [3.8, 4) is 5.69 Å². The summed E-state index contributed by atoms with van der Waals surface area (Å²) in [5.74, 6) is 2.11. The largest absolute Gasteiger partial charge is 0.352 e. The second-order valence-corrected chi connectivity index (χ2v) is 9.81. The minimum Gasteiger partial charge on any atom is -0.352 e. The van der Waals surface area contributed by atoms with Gasteiger partial charge in [-0.3, -0.25) is 9.59 Å².